The van der Waals surface area contributed by atoms with Gasteiger partial charge in [-0.25, -0.2) is 9.97 Å². The lowest BCUT2D eigenvalue weighted by Gasteiger charge is -2.21. The van der Waals surface area contributed by atoms with Gasteiger partial charge >= 0.3 is 0 Å². The molecule has 0 aliphatic carbocycles. The fraction of sp³-hybridized carbons (Fsp3) is 0.294. The molecule has 120 valence electrons. The van der Waals surface area contributed by atoms with Gasteiger partial charge in [-0.15, -0.1) is 11.3 Å². The van der Waals surface area contributed by atoms with E-state index in [4.69, 9.17) is 4.74 Å². The Hall–Kier alpha value is -2.02. The van der Waals surface area contributed by atoms with Crippen LogP contribution in [0.25, 0.3) is 20.7 Å². The smallest absolute Gasteiger partial charge is 0.140 e. The highest BCUT2D eigenvalue weighted by Gasteiger charge is 2.15. The summed E-state index contributed by atoms with van der Waals surface area (Å²) < 4.78 is 4.98. The van der Waals surface area contributed by atoms with Gasteiger partial charge in [0, 0.05) is 25.6 Å². The first-order valence-corrected chi connectivity index (χ1v) is 8.19. The van der Waals surface area contributed by atoms with Crippen molar-refractivity contribution in [1.82, 2.24) is 9.97 Å². The van der Waals surface area contributed by atoms with Crippen LogP contribution >= 0.6 is 11.3 Å². The minimum absolute atomic E-state index is 0.303. The summed E-state index contributed by atoms with van der Waals surface area (Å²) in [4.78, 5) is 12.8. The average molecular weight is 329 g/mol. The molecule has 0 bridgehead atoms. The molecule has 0 spiro atoms. The lowest BCUT2D eigenvalue weighted by Crippen LogP contribution is -2.32. The number of ether oxygens (including phenoxy) is 1. The Morgan fingerprint density at radius 1 is 1.26 bits per heavy atom. The van der Waals surface area contributed by atoms with Crippen LogP contribution in [-0.2, 0) is 4.74 Å². The normalized spacial score (nSPS) is 12.5. The third-order valence-corrected chi connectivity index (χ3v) is 4.66. The third-order valence-electron chi connectivity index (χ3n) is 3.57. The zero-order valence-corrected chi connectivity index (χ0v) is 14.0. The second-order valence-corrected chi connectivity index (χ2v) is 6.41. The molecule has 0 radical (unpaired) electrons. The summed E-state index contributed by atoms with van der Waals surface area (Å²) in [6.45, 7) is 0.758. The van der Waals surface area contributed by atoms with Gasteiger partial charge in [-0.3, -0.25) is 0 Å². The fourth-order valence-corrected chi connectivity index (χ4v) is 3.54. The van der Waals surface area contributed by atoms with Crippen LogP contribution in [0.15, 0.2) is 42.7 Å². The molecule has 6 heteroatoms. The van der Waals surface area contributed by atoms with Gasteiger partial charge in [0.05, 0.1) is 18.1 Å². The SMILES string of the molecule is COCC(O)CN(C)c1ncnc2sc(-c3ccccc3)cc12. The molecule has 1 aromatic carbocycles. The fourth-order valence-electron chi connectivity index (χ4n) is 2.54. The molecule has 3 aromatic rings. The van der Waals surface area contributed by atoms with E-state index in [1.807, 2.05) is 30.1 Å². The van der Waals surface area contributed by atoms with Gasteiger partial charge in [-0.1, -0.05) is 30.3 Å². The van der Waals surface area contributed by atoms with Gasteiger partial charge in [-0.2, -0.15) is 0 Å². The van der Waals surface area contributed by atoms with Gasteiger partial charge in [0.2, 0.25) is 0 Å². The maximum absolute atomic E-state index is 9.93. The Bertz CT molecular complexity index is 776. The topological polar surface area (TPSA) is 58.5 Å². The Kier molecular flexibility index (Phi) is 4.85. The third kappa shape index (κ3) is 3.50. The number of aromatic nitrogens is 2. The summed E-state index contributed by atoms with van der Waals surface area (Å²) in [7, 11) is 3.50. The van der Waals surface area contributed by atoms with Crippen molar-refractivity contribution in [3.63, 3.8) is 0 Å². The number of rotatable bonds is 6. The van der Waals surface area contributed by atoms with Crippen molar-refractivity contribution in [2.24, 2.45) is 0 Å². The molecule has 1 unspecified atom stereocenters. The molecule has 23 heavy (non-hydrogen) atoms. The van der Waals surface area contributed by atoms with E-state index >= 15 is 0 Å². The highest BCUT2D eigenvalue weighted by molar-refractivity contribution is 7.21. The molecule has 0 saturated carbocycles. The van der Waals surface area contributed by atoms with E-state index in [2.05, 4.69) is 28.2 Å². The van der Waals surface area contributed by atoms with E-state index in [0.717, 1.165) is 20.9 Å². The first-order chi connectivity index (χ1) is 11.2. The van der Waals surface area contributed by atoms with Crippen LogP contribution in [0.5, 0.6) is 0 Å². The van der Waals surface area contributed by atoms with E-state index in [1.54, 1.807) is 24.8 Å². The molecule has 0 aliphatic rings. The maximum atomic E-state index is 9.93. The number of anilines is 1. The molecular formula is C17H19N3O2S. The monoisotopic (exact) mass is 329 g/mol. The lowest BCUT2D eigenvalue weighted by atomic mass is 10.2. The summed E-state index contributed by atoms with van der Waals surface area (Å²) in [6, 6.07) is 12.4. The predicted octanol–water partition coefficient (Wildman–Crippen LogP) is 2.80. The van der Waals surface area contributed by atoms with E-state index in [9.17, 15) is 5.11 Å². The standard InChI is InChI=1S/C17H19N3O2S/c1-20(9-13(21)10-22-2)16-14-8-15(12-6-4-3-5-7-12)23-17(14)19-11-18-16/h3-8,11,13,21H,9-10H2,1-2H3. The first kappa shape index (κ1) is 15.9. The van der Waals surface area contributed by atoms with E-state index in [-0.39, 0.29) is 0 Å². The molecule has 2 heterocycles. The first-order valence-electron chi connectivity index (χ1n) is 7.37. The number of aliphatic hydroxyl groups is 1. The van der Waals surface area contributed by atoms with Crippen LogP contribution in [0, 0.1) is 0 Å². The molecule has 0 aliphatic heterocycles. The van der Waals surface area contributed by atoms with Crippen LogP contribution in [0.2, 0.25) is 0 Å². The largest absolute Gasteiger partial charge is 0.389 e. The van der Waals surface area contributed by atoms with E-state index in [0.29, 0.717) is 13.2 Å². The second kappa shape index (κ2) is 7.04. The number of hydrogen-bond acceptors (Lipinski definition) is 6. The number of fused-ring (bicyclic) bond motifs is 1. The summed E-state index contributed by atoms with van der Waals surface area (Å²) in [5.74, 6) is 0.823. The molecule has 0 amide bonds. The Morgan fingerprint density at radius 2 is 2.04 bits per heavy atom. The molecule has 1 atom stereocenters. The molecule has 0 saturated heterocycles. The number of likely N-dealkylation sites (N-methyl/N-ethyl adjacent to an activating group) is 1. The Balaban J connectivity index is 1.94. The van der Waals surface area contributed by atoms with Crippen molar-refractivity contribution < 1.29 is 9.84 Å². The predicted molar refractivity (Wildman–Crippen MR) is 94.0 cm³/mol. The minimum Gasteiger partial charge on any atom is -0.389 e. The molecule has 2 aromatic heterocycles. The summed E-state index contributed by atoms with van der Waals surface area (Å²) in [6.07, 6.45) is 1.02. The van der Waals surface area contributed by atoms with Crippen molar-refractivity contribution in [2.45, 2.75) is 6.10 Å². The quantitative estimate of drug-likeness (QED) is 0.753. The maximum Gasteiger partial charge on any atom is 0.140 e. The Morgan fingerprint density at radius 3 is 2.78 bits per heavy atom. The van der Waals surface area contributed by atoms with Crippen LogP contribution in [0.4, 0.5) is 5.82 Å². The number of thiophene rings is 1. The number of hydrogen-bond donors (Lipinski definition) is 1. The van der Waals surface area contributed by atoms with Gasteiger partial charge < -0.3 is 14.7 Å². The van der Waals surface area contributed by atoms with Crippen molar-refractivity contribution in [2.75, 3.05) is 32.2 Å². The van der Waals surface area contributed by atoms with Gasteiger partial charge in [0.25, 0.3) is 0 Å². The highest BCUT2D eigenvalue weighted by atomic mass is 32.1. The van der Waals surface area contributed by atoms with Crippen LogP contribution < -0.4 is 4.90 Å². The van der Waals surface area contributed by atoms with E-state index < -0.39 is 6.10 Å². The number of nitrogens with zero attached hydrogens (tertiary/aromatic N) is 3. The Labute approximate surface area is 139 Å². The second-order valence-electron chi connectivity index (χ2n) is 5.38. The van der Waals surface area contributed by atoms with Crippen molar-refractivity contribution >= 4 is 27.4 Å². The number of aliphatic hydroxyl groups excluding tert-OH is 1. The molecule has 1 N–H and O–H groups in total. The highest BCUT2D eigenvalue weighted by Crippen LogP contribution is 2.35. The molecular weight excluding hydrogens is 310 g/mol. The van der Waals surface area contributed by atoms with Crippen LogP contribution in [-0.4, -0.2) is 48.5 Å². The summed E-state index contributed by atoms with van der Waals surface area (Å²) >= 11 is 1.65. The van der Waals surface area contributed by atoms with Crippen molar-refractivity contribution in [3.8, 4) is 10.4 Å². The van der Waals surface area contributed by atoms with Crippen molar-refractivity contribution in [3.05, 3.63) is 42.7 Å². The van der Waals surface area contributed by atoms with Gasteiger partial charge in [-0.05, 0) is 11.6 Å². The molecule has 3 rings (SSSR count). The van der Waals surface area contributed by atoms with Crippen LogP contribution in [0.1, 0.15) is 0 Å². The number of methoxy groups -OCH3 is 1. The average Bonchev–Trinajstić information content (AvgIpc) is 2.99. The molecule has 0 fully saturated rings. The zero-order chi connectivity index (χ0) is 16.2. The van der Waals surface area contributed by atoms with Gasteiger partial charge in [0.15, 0.2) is 0 Å². The lowest BCUT2D eigenvalue weighted by molar-refractivity contribution is 0.0694. The van der Waals surface area contributed by atoms with Crippen molar-refractivity contribution in [1.29, 1.82) is 0 Å². The molecule has 5 nitrogen and oxygen atoms in total. The minimum atomic E-state index is -0.553. The zero-order valence-electron chi connectivity index (χ0n) is 13.1. The van der Waals surface area contributed by atoms with Crippen LogP contribution in [0.3, 0.4) is 0 Å². The number of benzene rings is 1. The van der Waals surface area contributed by atoms with E-state index in [1.165, 1.54) is 5.56 Å². The van der Waals surface area contributed by atoms with Gasteiger partial charge in [0.1, 0.15) is 17.0 Å². The summed E-state index contributed by atoms with van der Waals surface area (Å²) in [5.41, 5.74) is 1.17. The summed E-state index contributed by atoms with van der Waals surface area (Å²) in [5, 5.41) is 10.9.